The summed E-state index contributed by atoms with van der Waals surface area (Å²) in [5, 5.41) is 0. The van der Waals surface area contributed by atoms with Gasteiger partial charge in [-0.15, -0.1) is 0 Å². The van der Waals surface area contributed by atoms with E-state index in [1.807, 2.05) is 6.07 Å². The van der Waals surface area contributed by atoms with Crippen LogP contribution in [0.4, 0.5) is 0 Å². The Bertz CT molecular complexity index is 448. The van der Waals surface area contributed by atoms with Crippen molar-refractivity contribution < 1.29 is 0 Å². The SMILES string of the molecule is O=c1ccccn1-c1ccncc1. The Hall–Kier alpha value is -1.90. The Morgan fingerprint density at radius 1 is 1.08 bits per heavy atom. The molecular weight excluding hydrogens is 164 g/mol. The average molecular weight is 172 g/mol. The molecule has 0 aromatic carbocycles. The lowest BCUT2D eigenvalue weighted by molar-refractivity contribution is 0.985. The maximum atomic E-state index is 11.4. The second-order valence-electron chi connectivity index (χ2n) is 2.61. The summed E-state index contributed by atoms with van der Waals surface area (Å²) in [6, 6.07) is 8.66. The summed E-state index contributed by atoms with van der Waals surface area (Å²) in [4.78, 5) is 15.2. The third-order valence-corrected chi connectivity index (χ3v) is 1.76. The summed E-state index contributed by atoms with van der Waals surface area (Å²) in [5.74, 6) is 0. The van der Waals surface area contributed by atoms with Crippen molar-refractivity contribution in [1.29, 1.82) is 0 Å². The van der Waals surface area contributed by atoms with E-state index in [1.165, 1.54) is 6.07 Å². The van der Waals surface area contributed by atoms with Gasteiger partial charge in [-0.1, -0.05) is 6.07 Å². The minimum Gasteiger partial charge on any atom is -0.284 e. The number of pyridine rings is 2. The molecule has 0 N–H and O–H groups in total. The van der Waals surface area contributed by atoms with E-state index in [-0.39, 0.29) is 5.56 Å². The molecule has 0 bridgehead atoms. The van der Waals surface area contributed by atoms with Crippen LogP contribution < -0.4 is 5.56 Å². The fraction of sp³-hybridized carbons (Fsp3) is 0. The lowest BCUT2D eigenvalue weighted by atomic mass is 10.4. The predicted octanol–water partition coefficient (Wildman–Crippen LogP) is 1.23. The van der Waals surface area contributed by atoms with Gasteiger partial charge in [-0.25, -0.2) is 0 Å². The fourth-order valence-electron chi connectivity index (χ4n) is 1.15. The van der Waals surface area contributed by atoms with Crippen molar-refractivity contribution >= 4 is 0 Å². The second kappa shape index (κ2) is 3.23. The zero-order valence-electron chi connectivity index (χ0n) is 6.92. The molecule has 0 saturated carbocycles. The smallest absolute Gasteiger partial charge is 0.255 e. The van der Waals surface area contributed by atoms with E-state index in [0.29, 0.717) is 0 Å². The molecule has 2 aromatic rings. The number of nitrogens with zero attached hydrogens (tertiary/aromatic N) is 2. The van der Waals surface area contributed by atoms with E-state index in [2.05, 4.69) is 4.98 Å². The topological polar surface area (TPSA) is 34.9 Å². The molecule has 2 rings (SSSR count). The first-order valence-electron chi connectivity index (χ1n) is 3.96. The van der Waals surface area contributed by atoms with Gasteiger partial charge in [0, 0.05) is 24.7 Å². The van der Waals surface area contributed by atoms with Gasteiger partial charge < -0.3 is 0 Å². The van der Waals surface area contributed by atoms with E-state index in [0.717, 1.165) is 5.69 Å². The largest absolute Gasteiger partial charge is 0.284 e. The standard InChI is InChI=1S/C10H8N2O/c13-10-3-1-2-8-12(10)9-4-6-11-7-5-9/h1-8H. The van der Waals surface area contributed by atoms with E-state index >= 15 is 0 Å². The third-order valence-electron chi connectivity index (χ3n) is 1.76. The van der Waals surface area contributed by atoms with Crippen LogP contribution in [-0.4, -0.2) is 9.55 Å². The molecule has 2 heterocycles. The quantitative estimate of drug-likeness (QED) is 0.648. The molecule has 0 unspecified atom stereocenters. The van der Waals surface area contributed by atoms with Crippen LogP contribution in [0.25, 0.3) is 5.69 Å². The molecule has 0 aliphatic carbocycles. The fourth-order valence-corrected chi connectivity index (χ4v) is 1.15. The molecule has 64 valence electrons. The molecule has 0 fully saturated rings. The van der Waals surface area contributed by atoms with E-state index < -0.39 is 0 Å². The summed E-state index contributed by atoms with van der Waals surface area (Å²) in [6.07, 6.45) is 5.06. The van der Waals surface area contributed by atoms with Crippen LogP contribution in [-0.2, 0) is 0 Å². The lowest BCUT2D eigenvalue weighted by Gasteiger charge is -2.02. The van der Waals surface area contributed by atoms with Crippen molar-refractivity contribution in [1.82, 2.24) is 9.55 Å². The number of hydrogen-bond donors (Lipinski definition) is 0. The summed E-state index contributed by atoms with van der Waals surface area (Å²) in [5.41, 5.74) is 0.800. The molecule has 0 spiro atoms. The molecule has 0 saturated heterocycles. The highest BCUT2D eigenvalue weighted by Gasteiger charge is 1.94. The van der Waals surface area contributed by atoms with Crippen LogP contribution in [0.15, 0.2) is 53.7 Å². The first-order chi connectivity index (χ1) is 6.38. The molecule has 0 aliphatic rings. The highest BCUT2D eigenvalue weighted by molar-refractivity contribution is 5.28. The first-order valence-corrected chi connectivity index (χ1v) is 3.96. The maximum absolute atomic E-state index is 11.4. The second-order valence-corrected chi connectivity index (χ2v) is 2.61. The van der Waals surface area contributed by atoms with Crippen LogP contribution in [0.3, 0.4) is 0 Å². The van der Waals surface area contributed by atoms with Crippen molar-refractivity contribution in [3.05, 3.63) is 59.3 Å². The average Bonchev–Trinajstić information content (AvgIpc) is 2.20. The minimum atomic E-state index is -0.0336. The van der Waals surface area contributed by atoms with Crippen LogP contribution in [0.2, 0.25) is 0 Å². The molecule has 3 nitrogen and oxygen atoms in total. The minimum absolute atomic E-state index is 0.0336. The summed E-state index contributed by atoms with van der Waals surface area (Å²) >= 11 is 0. The van der Waals surface area contributed by atoms with Gasteiger partial charge in [0.25, 0.3) is 5.56 Å². The van der Waals surface area contributed by atoms with Gasteiger partial charge in [0.05, 0.1) is 5.69 Å². The molecule has 0 amide bonds. The molecule has 0 aliphatic heterocycles. The summed E-state index contributed by atoms with van der Waals surface area (Å²) < 4.78 is 1.57. The molecule has 0 atom stereocenters. The van der Waals surface area contributed by atoms with Crippen molar-refractivity contribution in [3.8, 4) is 5.69 Å². The van der Waals surface area contributed by atoms with Gasteiger partial charge in [-0.05, 0) is 18.2 Å². The van der Waals surface area contributed by atoms with Gasteiger partial charge in [-0.2, -0.15) is 0 Å². The Morgan fingerprint density at radius 2 is 1.85 bits per heavy atom. The van der Waals surface area contributed by atoms with E-state index in [1.54, 1.807) is 41.4 Å². The zero-order chi connectivity index (χ0) is 9.10. The highest BCUT2D eigenvalue weighted by atomic mass is 16.1. The van der Waals surface area contributed by atoms with Gasteiger partial charge in [0.15, 0.2) is 0 Å². The maximum Gasteiger partial charge on any atom is 0.255 e. The lowest BCUT2D eigenvalue weighted by Crippen LogP contribution is -2.15. The van der Waals surface area contributed by atoms with Crippen LogP contribution >= 0.6 is 0 Å². The number of aromatic nitrogens is 2. The molecular formula is C10H8N2O. The van der Waals surface area contributed by atoms with E-state index in [9.17, 15) is 4.79 Å². The summed E-state index contributed by atoms with van der Waals surface area (Å²) in [7, 11) is 0. The first kappa shape index (κ1) is 7.73. The monoisotopic (exact) mass is 172 g/mol. The molecule has 13 heavy (non-hydrogen) atoms. The van der Waals surface area contributed by atoms with Crippen LogP contribution in [0.5, 0.6) is 0 Å². The summed E-state index contributed by atoms with van der Waals surface area (Å²) in [6.45, 7) is 0. The van der Waals surface area contributed by atoms with Crippen molar-refractivity contribution in [2.45, 2.75) is 0 Å². The molecule has 3 heteroatoms. The van der Waals surface area contributed by atoms with Gasteiger partial charge in [0.1, 0.15) is 0 Å². The van der Waals surface area contributed by atoms with Gasteiger partial charge in [-0.3, -0.25) is 14.3 Å². The number of rotatable bonds is 1. The predicted molar refractivity (Wildman–Crippen MR) is 49.8 cm³/mol. The van der Waals surface area contributed by atoms with Gasteiger partial charge in [0.2, 0.25) is 0 Å². The van der Waals surface area contributed by atoms with Gasteiger partial charge >= 0.3 is 0 Å². The Kier molecular flexibility index (Phi) is 1.92. The zero-order valence-corrected chi connectivity index (χ0v) is 6.92. The van der Waals surface area contributed by atoms with Crippen molar-refractivity contribution in [3.63, 3.8) is 0 Å². The Balaban J connectivity index is 2.60. The molecule has 2 aromatic heterocycles. The number of hydrogen-bond acceptors (Lipinski definition) is 2. The van der Waals surface area contributed by atoms with Crippen molar-refractivity contribution in [2.75, 3.05) is 0 Å². The van der Waals surface area contributed by atoms with Crippen molar-refractivity contribution in [2.24, 2.45) is 0 Å². The normalized spacial score (nSPS) is 9.85. The Morgan fingerprint density at radius 3 is 2.54 bits per heavy atom. The van der Waals surface area contributed by atoms with E-state index in [4.69, 9.17) is 0 Å². The van der Waals surface area contributed by atoms with Crippen LogP contribution in [0, 0.1) is 0 Å². The molecule has 0 radical (unpaired) electrons. The third kappa shape index (κ3) is 1.49. The Labute approximate surface area is 75.3 Å². The van der Waals surface area contributed by atoms with Crippen LogP contribution in [0.1, 0.15) is 0 Å². The highest BCUT2D eigenvalue weighted by Crippen LogP contribution is 2.00.